The Kier molecular flexibility index (Phi) is 5.45. The average molecular weight is 467 g/mol. The number of fused-ring (bicyclic) bond motifs is 1. The van der Waals surface area contributed by atoms with Gasteiger partial charge >= 0.3 is 6.18 Å². The van der Waals surface area contributed by atoms with Crippen LogP contribution in [-0.2, 0) is 6.54 Å². The number of nitrogens with one attached hydrogen (secondary N) is 1. The zero-order valence-corrected chi connectivity index (χ0v) is 17.3. The van der Waals surface area contributed by atoms with E-state index >= 15 is 0 Å². The molecular formula is C21H15Cl2F3N4O. The van der Waals surface area contributed by atoms with Gasteiger partial charge in [0.1, 0.15) is 5.65 Å². The molecule has 0 saturated heterocycles. The molecule has 0 radical (unpaired) electrons. The van der Waals surface area contributed by atoms with Crippen molar-refractivity contribution in [3.8, 4) is 22.5 Å². The Morgan fingerprint density at radius 3 is 2.58 bits per heavy atom. The van der Waals surface area contributed by atoms with Gasteiger partial charge in [0, 0.05) is 40.5 Å². The van der Waals surface area contributed by atoms with Gasteiger partial charge in [-0.1, -0.05) is 23.2 Å². The van der Waals surface area contributed by atoms with Gasteiger partial charge in [0.2, 0.25) is 0 Å². The van der Waals surface area contributed by atoms with E-state index in [4.69, 9.17) is 28.9 Å². The van der Waals surface area contributed by atoms with Crippen LogP contribution < -0.4 is 5.73 Å². The predicted molar refractivity (Wildman–Crippen MR) is 114 cm³/mol. The number of alkyl halides is 3. The number of rotatable bonds is 5. The lowest BCUT2D eigenvalue weighted by atomic mass is 10.1. The number of hydrogen-bond acceptors (Lipinski definition) is 2. The number of nitrogens with two attached hydrogens (primary N) is 1. The highest BCUT2D eigenvalue weighted by molar-refractivity contribution is 6.36. The van der Waals surface area contributed by atoms with Crippen LogP contribution >= 0.6 is 23.2 Å². The monoisotopic (exact) mass is 466 g/mol. The third-order valence-corrected chi connectivity index (χ3v) is 5.45. The first-order chi connectivity index (χ1) is 14.7. The topological polar surface area (TPSA) is 76.7 Å². The smallest absolute Gasteiger partial charge is 0.366 e. The van der Waals surface area contributed by atoms with Crippen molar-refractivity contribution in [3.05, 3.63) is 64.4 Å². The van der Waals surface area contributed by atoms with Crippen molar-refractivity contribution in [1.29, 1.82) is 0 Å². The molecule has 0 bridgehead atoms. The molecule has 4 rings (SSSR count). The summed E-state index contributed by atoms with van der Waals surface area (Å²) in [5.74, 6) is -0.785. The Hall–Kier alpha value is -2.97. The van der Waals surface area contributed by atoms with Gasteiger partial charge in [-0.3, -0.25) is 4.79 Å². The number of hydrogen-bond donors (Lipinski definition) is 2. The average Bonchev–Trinajstić information content (AvgIpc) is 3.30. The van der Waals surface area contributed by atoms with Crippen molar-refractivity contribution >= 4 is 40.1 Å². The number of amides is 1. The van der Waals surface area contributed by atoms with E-state index in [1.165, 1.54) is 22.9 Å². The first-order valence-corrected chi connectivity index (χ1v) is 9.89. The molecule has 1 amide bonds. The summed E-state index contributed by atoms with van der Waals surface area (Å²) < 4.78 is 40.9. The Morgan fingerprint density at radius 2 is 1.90 bits per heavy atom. The number of primary amides is 1. The third kappa shape index (κ3) is 4.13. The van der Waals surface area contributed by atoms with E-state index in [-0.39, 0.29) is 16.3 Å². The maximum absolute atomic E-state index is 13.1. The fraction of sp³-hybridized carbons (Fsp3) is 0.143. The number of H-pyrrole nitrogens is 1. The Balaban J connectivity index is 2.03. The minimum Gasteiger partial charge on any atom is -0.366 e. The van der Waals surface area contributed by atoms with Crippen LogP contribution in [0.1, 0.15) is 16.8 Å². The van der Waals surface area contributed by atoms with Gasteiger partial charge in [0.15, 0.2) is 0 Å². The second-order valence-electron chi connectivity index (χ2n) is 6.90. The van der Waals surface area contributed by atoms with Crippen LogP contribution in [0.4, 0.5) is 13.2 Å². The Bertz CT molecular complexity index is 1290. The standard InChI is InChI=1S/C21H15Cl2F3N4O/c22-11-1-2-14(16(23)9-11)18-15(19(27)31)10-17(30(18)8-5-21(24,25)26)12-3-6-28-20-13(12)4-7-29-20/h1-4,6-7,9-10H,5,8H2,(H2,27,31)(H,28,29). The van der Waals surface area contributed by atoms with Crippen LogP contribution in [0.15, 0.2) is 48.8 Å². The highest BCUT2D eigenvalue weighted by Gasteiger charge is 2.30. The molecule has 0 unspecified atom stereocenters. The molecule has 31 heavy (non-hydrogen) atoms. The quantitative estimate of drug-likeness (QED) is 0.375. The first kappa shape index (κ1) is 21.3. The van der Waals surface area contributed by atoms with Gasteiger partial charge < -0.3 is 15.3 Å². The van der Waals surface area contributed by atoms with Gasteiger partial charge in [-0.15, -0.1) is 0 Å². The van der Waals surface area contributed by atoms with Crippen LogP contribution in [0, 0.1) is 0 Å². The molecule has 0 saturated carbocycles. The molecule has 0 fully saturated rings. The molecule has 0 aliphatic carbocycles. The van der Waals surface area contributed by atoms with Gasteiger partial charge in [-0.05, 0) is 36.4 Å². The van der Waals surface area contributed by atoms with Crippen LogP contribution in [0.2, 0.25) is 10.0 Å². The van der Waals surface area contributed by atoms with E-state index in [9.17, 15) is 18.0 Å². The van der Waals surface area contributed by atoms with Gasteiger partial charge in [-0.2, -0.15) is 13.2 Å². The second-order valence-corrected chi connectivity index (χ2v) is 7.74. The molecule has 0 atom stereocenters. The molecule has 10 heteroatoms. The first-order valence-electron chi connectivity index (χ1n) is 9.13. The van der Waals surface area contributed by atoms with E-state index in [1.807, 2.05) is 0 Å². The number of benzene rings is 1. The number of pyridine rings is 1. The molecule has 5 nitrogen and oxygen atoms in total. The summed E-state index contributed by atoms with van der Waals surface area (Å²) in [6, 6.07) is 9.48. The van der Waals surface area contributed by atoms with Crippen molar-refractivity contribution in [1.82, 2.24) is 14.5 Å². The molecule has 0 spiro atoms. The van der Waals surface area contributed by atoms with Crippen LogP contribution in [0.5, 0.6) is 0 Å². The number of carbonyl (C=O) groups is 1. The maximum Gasteiger partial charge on any atom is 0.390 e. The molecule has 0 aliphatic heterocycles. The minimum atomic E-state index is -4.41. The summed E-state index contributed by atoms with van der Waals surface area (Å²) >= 11 is 12.3. The fourth-order valence-corrected chi connectivity index (χ4v) is 4.08. The number of aromatic amines is 1. The van der Waals surface area contributed by atoms with Gasteiger partial charge in [-0.25, -0.2) is 4.98 Å². The van der Waals surface area contributed by atoms with E-state index in [0.29, 0.717) is 32.9 Å². The zero-order chi connectivity index (χ0) is 22.3. The Labute approximate surface area is 184 Å². The minimum absolute atomic E-state index is 0.0573. The lowest BCUT2D eigenvalue weighted by Gasteiger charge is -2.17. The molecule has 3 heterocycles. The van der Waals surface area contributed by atoms with Gasteiger partial charge in [0.05, 0.1) is 28.4 Å². The SMILES string of the molecule is NC(=O)c1cc(-c2ccnc3[nH]ccc23)n(CCC(F)(F)F)c1-c1ccc(Cl)cc1Cl. The van der Waals surface area contributed by atoms with Crippen molar-refractivity contribution in [3.63, 3.8) is 0 Å². The highest BCUT2D eigenvalue weighted by Crippen LogP contribution is 2.39. The van der Waals surface area contributed by atoms with Crippen molar-refractivity contribution in [2.75, 3.05) is 0 Å². The molecule has 3 N–H and O–H groups in total. The van der Waals surface area contributed by atoms with E-state index in [1.54, 1.807) is 30.5 Å². The van der Waals surface area contributed by atoms with E-state index in [2.05, 4.69) is 9.97 Å². The van der Waals surface area contributed by atoms with Crippen molar-refractivity contribution < 1.29 is 18.0 Å². The number of carbonyl (C=O) groups excluding carboxylic acids is 1. The third-order valence-electron chi connectivity index (χ3n) is 4.90. The summed E-state index contributed by atoms with van der Waals surface area (Å²) in [4.78, 5) is 19.5. The number of aromatic nitrogens is 3. The summed E-state index contributed by atoms with van der Waals surface area (Å²) in [5, 5.41) is 1.23. The van der Waals surface area contributed by atoms with Gasteiger partial charge in [0.25, 0.3) is 5.91 Å². The predicted octanol–water partition coefficient (Wildman–Crippen LogP) is 6.06. The summed E-state index contributed by atoms with van der Waals surface area (Å²) in [6.45, 7) is -0.436. The summed E-state index contributed by atoms with van der Waals surface area (Å²) in [5.41, 5.74) is 7.78. The largest absolute Gasteiger partial charge is 0.390 e. The van der Waals surface area contributed by atoms with Crippen LogP contribution in [0.25, 0.3) is 33.5 Å². The lowest BCUT2D eigenvalue weighted by Crippen LogP contribution is -2.15. The van der Waals surface area contributed by atoms with E-state index < -0.39 is 25.0 Å². The number of halogens is 5. The van der Waals surface area contributed by atoms with E-state index in [0.717, 1.165) is 0 Å². The zero-order valence-electron chi connectivity index (χ0n) is 15.8. The summed E-state index contributed by atoms with van der Waals surface area (Å²) in [6.07, 6.45) is -2.30. The Morgan fingerprint density at radius 1 is 1.13 bits per heavy atom. The molecule has 3 aromatic heterocycles. The highest BCUT2D eigenvalue weighted by atomic mass is 35.5. The van der Waals surface area contributed by atoms with Crippen LogP contribution in [0.3, 0.4) is 0 Å². The summed E-state index contributed by atoms with van der Waals surface area (Å²) in [7, 11) is 0. The second kappa shape index (κ2) is 7.94. The molecule has 1 aromatic carbocycles. The van der Waals surface area contributed by atoms with Crippen LogP contribution in [-0.4, -0.2) is 26.6 Å². The van der Waals surface area contributed by atoms with Crippen molar-refractivity contribution in [2.45, 2.75) is 19.1 Å². The molecule has 0 aliphatic rings. The maximum atomic E-state index is 13.1. The lowest BCUT2D eigenvalue weighted by molar-refractivity contribution is -0.136. The fourth-order valence-electron chi connectivity index (χ4n) is 3.59. The van der Waals surface area contributed by atoms with Crippen molar-refractivity contribution in [2.24, 2.45) is 5.73 Å². The molecule has 160 valence electrons. The molecule has 4 aromatic rings. The number of nitrogens with zero attached hydrogens (tertiary/aromatic N) is 2. The normalized spacial score (nSPS) is 11.9. The molecular weight excluding hydrogens is 452 g/mol.